The van der Waals surface area contributed by atoms with Gasteiger partial charge in [0, 0.05) is 12.6 Å². The molecule has 0 saturated heterocycles. The number of nitrogens with zero attached hydrogens (tertiary/aromatic N) is 1. The van der Waals surface area contributed by atoms with Crippen molar-refractivity contribution in [2.24, 2.45) is 0 Å². The van der Waals surface area contributed by atoms with E-state index in [0.29, 0.717) is 0 Å². The van der Waals surface area contributed by atoms with E-state index in [-0.39, 0.29) is 24.9 Å². The van der Waals surface area contributed by atoms with Crippen molar-refractivity contribution in [1.82, 2.24) is 4.90 Å². The van der Waals surface area contributed by atoms with Gasteiger partial charge < -0.3 is 15.7 Å². The van der Waals surface area contributed by atoms with E-state index in [1.807, 2.05) is 0 Å². The molecule has 2 rings (SSSR count). The summed E-state index contributed by atoms with van der Waals surface area (Å²) in [5.74, 6) is -2.73. The first-order valence-corrected chi connectivity index (χ1v) is 5.71. The second-order valence-corrected chi connectivity index (χ2v) is 4.28. The van der Waals surface area contributed by atoms with E-state index < -0.39 is 23.1 Å². The van der Waals surface area contributed by atoms with Gasteiger partial charge in [-0.05, 0) is 25.0 Å². The number of aliphatic hydroxyl groups excluding tert-OH is 1. The van der Waals surface area contributed by atoms with Crippen LogP contribution in [0.25, 0.3) is 0 Å². The molecule has 1 aromatic rings. The lowest BCUT2D eigenvalue weighted by Crippen LogP contribution is -2.36. The number of hydrogen-bond donors (Lipinski definition) is 2. The van der Waals surface area contributed by atoms with Crippen LogP contribution in [-0.2, 0) is 0 Å². The van der Waals surface area contributed by atoms with Gasteiger partial charge in [-0.1, -0.05) is 0 Å². The number of rotatable bonds is 4. The van der Waals surface area contributed by atoms with E-state index in [4.69, 9.17) is 10.8 Å². The van der Waals surface area contributed by atoms with Crippen LogP contribution in [0.1, 0.15) is 23.2 Å². The maximum absolute atomic E-state index is 13.7. The molecule has 0 radical (unpaired) electrons. The third kappa shape index (κ3) is 2.28. The zero-order chi connectivity index (χ0) is 13.3. The first-order valence-electron chi connectivity index (χ1n) is 5.71. The monoisotopic (exact) mass is 256 g/mol. The Balaban J connectivity index is 2.34. The SMILES string of the molecule is Nc1ccc(F)c(C(=O)N(CCO)C2CC2)c1F. The summed E-state index contributed by atoms with van der Waals surface area (Å²) in [6.07, 6.45) is 1.58. The Morgan fingerprint density at radius 3 is 2.67 bits per heavy atom. The van der Waals surface area contributed by atoms with Crippen LogP contribution in [-0.4, -0.2) is 35.1 Å². The van der Waals surface area contributed by atoms with E-state index in [1.165, 1.54) is 4.90 Å². The summed E-state index contributed by atoms with van der Waals surface area (Å²) in [6.45, 7) is -0.176. The molecule has 1 aliphatic carbocycles. The number of amides is 1. The predicted molar refractivity (Wildman–Crippen MR) is 61.9 cm³/mol. The number of nitrogen functional groups attached to an aromatic ring is 1. The molecule has 0 aliphatic heterocycles. The summed E-state index contributed by atoms with van der Waals surface area (Å²) in [4.78, 5) is 13.4. The van der Waals surface area contributed by atoms with E-state index >= 15 is 0 Å². The largest absolute Gasteiger partial charge is 0.396 e. The van der Waals surface area contributed by atoms with Gasteiger partial charge in [0.15, 0.2) is 5.82 Å². The molecule has 1 fully saturated rings. The molecule has 0 atom stereocenters. The van der Waals surface area contributed by atoms with Crippen LogP contribution in [0.15, 0.2) is 12.1 Å². The van der Waals surface area contributed by atoms with Crippen LogP contribution in [0.5, 0.6) is 0 Å². The highest BCUT2D eigenvalue weighted by atomic mass is 19.1. The lowest BCUT2D eigenvalue weighted by atomic mass is 10.1. The Kier molecular flexibility index (Phi) is 3.47. The number of carbonyl (C=O) groups excluding carboxylic acids is 1. The van der Waals surface area contributed by atoms with Gasteiger partial charge in [-0.15, -0.1) is 0 Å². The molecular weight excluding hydrogens is 242 g/mol. The van der Waals surface area contributed by atoms with Gasteiger partial charge in [0.25, 0.3) is 5.91 Å². The number of carbonyl (C=O) groups is 1. The standard InChI is InChI=1S/C12H14F2N2O2/c13-8-3-4-9(15)11(14)10(8)12(18)16(5-6-17)7-1-2-7/h3-4,7,17H,1-2,5-6,15H2. The molecule has 1 aromatic carbocycles. The lowest BCUT2D eigenvalue weighted by Gasteiger charge is -2.22. The predicted octanol–water partition coefficient (Wildman–Crippen LogP) is 1.14. The van der Waals surface area contributed by atoms with Crippen LogP contribution < -0.4 is 5.73 Å². The number of anilines is 1. The zero-order valence-electron chi connectivity index (χ0n) is 9.70. The van der Waals surface area contributed by atoms with Gasteiger partial charge in [0.2, 0.25) is 0 Å². The summed E-state index contributed by atoms with van der Waals surface area (Å²) >= 11 is 0. The minimum absolute atomic E-state index is 0.0371. The van der Waals surface area contributed by atoms with Crippen LogP contribution >= 0.6 is 0 Å². The second kappa shape index (κ2) is 4.89. The maximum atomic E-state index is 13.7. The van der Waals surface area contributed by atoms with Crippen molar-refractivity contribution in [1.29, 1.82) is 0 Å². The van der Waals surface area contributed by atoms with Gasteiger partial charge in [-0.3, -0.25) is 4.79 Å². The molecule has 18 heavy (non-hydrogen) atoms. The third-order valence-corrected chi connectivity index (χ3v) is 2.92. The van der Waals surface area contributed by atoms with Crippen LogP contribution in [0.4, 0.5) is 14.5 Å². The van der Waals surface area contributed by atoms with E-state index in [0.717, 1.165) is 25.0 Å². The number of benzene rings is 1. The topological polar surface area (TPSA) is 66.6 Å². The molecule has 6 heteroatoms. The smallest absolute Gasteiger partial charge is 0.260 e. The molecule has 0 aromatic heterocycles. The molecule has 1 amide bonds. The highest BCUT2D eigenvalue weighted by Crippen LogP contribution is 2.29. The Morgan fingerprint density at radius 1 is 1.44 bits per heavy atom. The third-order valence-electron chi connectivity index (χ3n) is 2.92. The molecule has 1 saturated carbocycles. The van der Waals surface area contributed by atoms with E-state index in [9.17, 15) is 13.6 Å². The highest BCUT2D eigenvalue weighted by Gasteiger charge is 2.35. The summed E-state index contributed by atoms with van der Waals surface area (Å²) in [6, 6.07) is 2.01. The number of nitrogens with two attached hydrogens (primary N) is 1. The van der Waals surface area contributed by atoms with Crippen molar-refractivity contribution < 1.29 is 18.7 Å². The average molecular weight is 256 g/mol. The Bertz CT molecular complexity index is 475. The van der Waals surface area contributed by atoms with Gasteiger partial charge >= 0.3 is 0 Å². The lowest BCUT2D eigenvalue weighted by molar-refractivity contribution is 0.0698. The fourth-order valence-corrected chi connectivity index (χ4v) is 1.85. The van der Waals surface area contributed by atoms with Crippen molar-refractivity contribution >= 4 is 11.6 Å². The quantitative estimate of drug-likeness (QED) is 0.794. The normalized spacial score (nSPS) is 14.6. The molecule has 0 spiro atoms. The number of aliphatic hydroxyl groups is 1. The first-order chi connectivity index (χ1) is 8.56. The van der Waals surface area contributed by atoms with Crippen molar-refractivity contribution in [2.75, 3.05) is 18.9 Å². The second-order valence-electron chi connectivity index (χ2n) is 4.28. The van der Waals surface area contributed by atoms with Gasteiger partial charge in [0.1, 0.15) is 11.4 Å². The van der Waals surface area contributed by atoms with Crippen molar-refractivity contribution in [3.05, 3.63) is 29.3 Å². The van der Waals surface area contributed by atoms with Crippen molar-refractivity contribution in [2.45, 2.75) is 18.9 Å². The maximum Gasteiger partial charge on any atom is 0.260 e. The zero-order valence-corrected chi connectivity index (χ0v) is 9.70. The summed E-state index contributed by atoms with van der Waals surface area (Å²) in [5, 5.41) is 8.90. The average Bonchev–Trinajstić information content (AvgIpc) is 3.15. The molecule has 0 heterocycles. The number of hydrogen-bond acceptors (Lipinski definition) is 3. The van der Waals surface area contributed by atoms with Crippen LogP contribution in [0.3, 0.4) is 0 Å². The summed E-state index contributed by atoms with van der Waals surface area (Å²) in [7, 11) is 0. The number of halogens is 2. The molecular formula is C12H14F2N2O2. The van der Waals surface area contributed by atoms with E-state index in [2.05, 4.69) is 0 Å². The van der Waals surface area contributed by atoms with Crippen molar-refractivity contribution in [3.63, 3.8) is 0 Å². The Hall–Kier alpha value is -1.69. The van der Waals surface area contributed by atoms with Crippen molar-refractivity contribution in [3.8, 4) is 0 Å². The molecule has 0 bridgehead atoms. The molecule has 98 valence electrons. The molecule has 0 unspecified atom stereocenters. The minimum atomic E-state index is -1.04. The molecule has 4 nitrogen and oxygen atoms in total. The molecule has 3 N–H and O–H groups in total. The van der Waals surface area contributed by atoms with Gasteiger partial charge in [-0.2, -0.15) is 0 Å². The fourth-order valence-electron chi connectivity index (χ4n) is 1.85. The van der Waals surface area contributed by atoms with Gasteiger partial charge in [-0.25, -0.2) is 8.78 Å². The minimum Gasteiger partial charge on any atom is -0.396 e. The Morgan fingerprint density at radius 2 is 2.11 bits per heavy atom. The summed E-state index contributed by atoms with van der Waals surface area (Å²) in [5.41, 5.74) is 4.42. The van der Waals surface area contributed by atoms with Gasteiger partial charge in [0.05, 0.1) is 12.3 Å². The fraction of sp³-hybridized carbons (Fsp3) is 0.417. The van der Waals surface area contributed by atoms with E-state index in [1.54, 1.807) is 0 Å². The molecule has 1 aliphatic rings. The van der Waals surface area contributed by atoms with Crippen LogP contribution in [0, 0.1) is 11.6 Å². The highest BCUT2D eigenvalue weighted by molar-refractivity contribution is 5.96. The van der Waals surface area contributed by atoms with Crippen LogP contribution in [0.2, 0.25) is 0 Å². The Labute approximate surface area is 103 Å². The summed E-state index contributed by atoms with van der Waals surface area (Å²) < 4.78 is 27.3. The first kappa shape index (κ1) is 12.8.